The van der Waals surface area contributed by atoms with E-state index in [1.165, 1.54) is 12.4 Å². The lowest BCUT2D eigenvalue weighted by molar-refractivity contribution is 0.191. The average molecular weight is 393 g/mol. The van der Waals surface area contributed by atoms with Gasteiger partial charge in [-0.2, -0.15) is 0 Å². The summed E-state index contributed by atoms with van der Waals surface area (Å²) in [6.45, 7) is 4.01. The third-order valence-electron chi connectivity index (χ3n) is 2.55. The lowest BCUT2D eigenvalue weighted by atomic mass is 10.3. The zero-order chi connectivity index (χ0) is 14.0. The summed E-state index contributed by atoms with van der Waals surface area (Å²) in [6.07, 6.45) is 3.68. The fourth-order valence-electron chi connectivity index (χ4n) is 1.73. The van der Waals surface area contributed by atoms with Gasteiger partial charge in [-0.3, -0.25) is 0 Å². The van der Waals surface area contributed by atoms with Crippen molar-refractivity contribution < 1.29 is 9.90 Å². The second kappa shape index (κ2) is 5.74. The minimum atomic E-state index is -1.09. The number of hydrogen-bond acceptors (Lipinski definition) is 3. The molecule has 2 heterocycles. The molecule has 1 unspecified atom stereocenters. The number of aromatic nitrogens is 3. The normalized spacial score (nSPS) is 12.3. The number of carboxylic acid groups (broad SMARTS) is 1. The summed E-state index contributed by atoms with van der Waals surface area (Å²) in [5, 5.41) is 12.3. The Balaban J connectivity index is 2.38. The van der Waals surface area contributed by atoms with Gasteiger partial charge in [-0.1, -0.05) is 17.7 Å². The summed E-state index contributed by atoms with van der Waals surface area (Å²) >= 11 is 8.17. The molecule has 2 aromatic heterocycles. The Labute approximate surface area is 127 Å². The zero-order valence-corrected chi connectivity index (χ0v) is 12.6. The molecule has 1 amide bonds. The van der Waals surface area contributed by atoms with Gasteiger partial charge in [0.1, 0.15) is 17.1 Å². The highest BCUT2D eigenvalue weighted by Crippen LogP contribution is 2.26. The van der Waals surface area contributed by atoms with E-state index >= 15 is 0 Å². The number of nitrogens with zero attached hydrogens (tertiary/aromatic N) is 3. The molecule has 2 rings (SSSR count). The number of halogens is 2. The predicted molar refractivity (Wildman–Crippen MR) is 80.4 cm³/mol. The highest BCUT2D eigenvalue weighted by molar-refractivity contribution is 14.1. The van der Waals surface area contributed by atoms with Crippen LogP contribution in [-0.2, 0) is 6.54 Å². The molecule has 0 aliphatic carbocycles. The minimum Gasteiger partial charge on any atom is -0.465 e. The molecule has 0 aliphatic rings. The van der Waals surface area contributed by atoms with Gasteiger partial charge in [-0.25, -0.2) is 14.8 Å². The Morgan fingerprint density at radius 3 is 3.05 bits per heavy atom. The quantitative estimate of drug-likeness (QED) is 0.476. The molecule has 0 radical (unpaired) electrons. The smallest absolute Gasteiger partial charge is 0.405 e. The molecule has 8 heteroatoms. The van der Waals surface area contributed by atoms with E-state index in [2.05, 4.69) is 44.5 Å². The first-order valence-corrected chi connectivity index (χ1v) is 6.75. The van der Waals surface area contributed by atoms with Crippen molar-refractivity contribution in [3.8, 4) is 0 Å². The van der Waals surface area contributed by atoms with Crippen LogP contribution in [0.1, 0.15) is 0 Å². The van der Waals surface area contributed by atoms with E-state index in [0.29, 0.717) is 17.3 Å². The molecule has 0 aliphatic heterocycles. The van der Waals surface area contributed by atoms with Gasteiger partial charge in [-0.15, -0.1) is 6.58 Å². The zero-order valence-electron chi connectivity index (χ0n) is 9.68. The Bertz CT molecular complexity index is 643. The third-order valence-corrected chi connectivity index (χ3v) is 3.65. The number of nitrogens with one attached hydrogen (secondary N) is 1. The highest BCUT2D eigenvalue weighted by atomic mass is 127. The maximum Gasteiger partial charge on any atom is 0.405 e. The van der Waals surface area contributed by atoms with Gasteiger partial charge in [0.05, 0.1) is 11.4 Å². The number of hydrogen-bond donors (Lipinski definition) is 2. The maximum atomic E-state index is 10.7. The number of rotatable bonds is 4. The molecule has 0 saturated carbocycles. The first-order valence-electron chi connectivity index (χ1n) is 5.29. The molecule has 100 valence electrons. The number of fused-ring (bicyclic) bond motifs is 1. The fraction of sp³-hybridized carbons (Fsp3) is 0.182. The third kappa shape index (κ3) is 2.98. The Morgan fingerprint density at radius 2 is 2.42 bits per heavy atom. The van der Waals surface area contributed by atoms with Crippen LogP contribution in [0.15, 0.2) is 25.2 Å². The largest absolute Gasteiger partial charge is 0.465 e. The van der Waals surface area contributed by atoms with Crippen LogP contribution in [-0.4, -0.2) is 31.8 Å². The van der Waals surface area contributed by atoms with Gasteiger partial charge in [0.15, 0.2) is 0 Å². The molecular weight excluding hydrogens is 383 g/mol. The van der Waals surface area contributed by atoms with Crippen LogP contribution in [0.4, 0.5) is 4.79 Å². The fourth-order valence-corrected chi connectivity index (χ4v) is 2.95. The van der Waals surface area contributed by atoms with Crippen LogP contribution in [0.2, 0.25) is 5.15 Å². The molecular formula is C11H10ClIN4O2. The van der Waals surface area contributed by atoms with Crippen LogP contribution < -0.4 is 5.32 Å². The van der Waals surface area contributed by atoms with E-state index in [1.54, 1.807) is 0 Å². The second-order valence-electron chi connectivity index (χ2n) is 3.78. The lowest BCUT2D eigenvalue weighted by Crippen LogP contribution is -2.35. The highest BCUT2D eigenvalue weighted by Gasteiger charge is 2.15. The number of amides is 1. The topological polar surface area (TPSA) is 80.0 Å². The van der Waals surface area contributed by atoms with Crippen molar-refractivity contribution in [3.63, 3.8) is 0 Å². The molecule has 6 nitrogen and oxygen atoms in total. The van der Waals surface area contributed by atoms with Crippen molar-refractivity contribution in [3.05, 3.63) is 33.9 Å². The summed E-state index contributed by atoms with van der Waals surface area (Å²) in [4.78, 5) is 18.8. The van der Waals surface area contributed by atoms with E-state index in [9.17, 15) is 4.79 Å². The van der Waals surface area contributed by atoms with E-state index in [1.807, 2.05) is 10.8 Å². The van der Waals surface area contributed by atoms with Crippen LogP contribution in [0, 0.1) is 3.57 Å². The van der Waals surface area contributed by atoms with Gasteiger partial charge in [0, 0.05) is 16.3 Å². The summed E-state index contributed by atoms with van der Waals surface area (Å²) in [6, 6.07) is -0.405. The summed E-state index contributed by atoms with van der Waals surface area (Å²) in [7, 11) is 0. The molecule has 0 bridgehead atoms. The van der Waals surface area contributed by atoms with Gasteiger partial charge in [0.2, 0.25) is 0 Å². The lowest BCUT2D eigenvalue weighted by Gasteiger charge is -2.13. The van der Waals surface area contributed by atoms with Crippen molar-refractivity contribution in [2.45, 2.75) is 12.6 Å². The van der Waals surface area contributed by atoms with Gasteiger partial charge < -0.3 is 15.0 Å². The first-order chi connectivity index (χ1) is 9.02. The van der Waals surface area contributed by atoms with Crippen molar-refractivity contribution >= 4 is 51.3 Å². The van der Waals surface area contributed by atoms with E-state index < -0.39 is 12.1 Å². The summed E-state index contributed by atoms with van der Waals surface area (Å²) in [5.74, 6) is 0. The molecule has 0 spiro atoms. The van der Waals surface area contributed by atoms with Crippen molar-refractivity contribution in [1.29, 1.82) is 0 Å². The first kappa shape index (κ1) is 14.1. The SMILES string of the molecule is C=CC(Cn1cc(I)c2c(Cl)ncnc21)NC(=O)O. The Kier molecular flexibility index (Phi) is 4.25. The van der Waals surface area contributed by atoms with E-state index in [4.69, 9.17) is 16.7 Å². The van der Waals surface area contributed by atoms with Crippen molar-refractivity contribution in [2.24, 2.45) is 0 Å². The van der Waals surface area contributed by atoms with Crippen molar-refractivity contribution in [1.82, 2.24) is 19.9 Å². The van der Waals surface area contributed by atoms with E-state index in [0.717, 1.165) is 8.96 Å². The standard InChI is InChI=1S/C11H10ClIN4O2/c1-2-6(16-11(18)19)3-17-4-7(13)8-9(12)14-5-15-10(8)17/h2,4-6,16H,1,3H2,(H,18,19). The molecule has 0 fully saturated rings. The molecule has 0 aromatic carbocycles. The monoisotopic (exact) mass is 392 g/mol. The van der Waals surface area contributed by atoms with Gasteiger partial charge in [0.25, 0.3) is 0 Å². The van der Waals surface area contributed by atoms with Crippen LogP contribution >= 0.6 is 34.2 Å². The summed E-state index contributed by atoms with van der Waals surface area (Å²) in [5.41, 5.74) is 0.670. The Morgan fingerprint density at radius 1 is 1.68 bits per heavy atom. The van der Waals surface area contributed by atoms with Gasteiger partial charge in [-0.05, 0) is 22.6 Å². The second-order valence-corrected chi connectivity index (χ2v) is 5.30. The minimum absolute atomic E-state index is 0.384. The van der Waals surface area contributed by atoms with Crippen molar-refractivity contribution in [2.75, 3.05) is 0 Å². The molecule has 1 atom stereocenters. The average Bonchev–Trinajstić information content (AvgIpc) is 2.66. The Hall–Kier alpha value is -1.35. The van der Waals surface area contributed by atoms with Crippen LogP contribution in [0.3, 0.4) is 0 Å². The summed E-state index contributed by atoms with van der Waals surface area (Å²) < 4.78 is 2.74. The molecule has 0 saturated heterocycles. The maximum absolute atomic E-state index is 10.7. The predicted octanol–water partition coefficient (Wildman–Crippen LogP) is 2.51. The van der Waals surface area contributed by atoms with Gasteiger partial charge >= 0.3 is 6.09 Å². The van der Waals surface area contributed by atoms with E-state index in [-0.39, 0.29) is 0 Å². The molecule has 2 aromatic rings. The molecule has 19 heavy (non-hydrogen) atoms. The number of carbonyl (C=O) groups is 1. The van der Waals surface area contributed by atoms with Crippen LogP contribution in [0.25, 0.3) is 11.0 Å². The van der Waals surface area contributed by atoms with Crippen LogP contribution in [0.5, 0.6) is 0 Å². The molecule has 2 N–H and O–H groups in total.